The molecule has 92 valence electrons. The summed E-state index contributed by atoms with van der Waals surface area (Å²) in [7, 11) is 0. The molecule has 0 bridgehead atoms. The smallest absolute Gasteiger partial charge is 0.351 e. The van der Waals surface area contributed by atoms with Crippen molar-refractivity contribution in [3.05, 3.63) is 29.8 Å². The van der Waals surface area contributed by atoms with Crippen molar-refractivity contribution >= 4 is 17.9 Å². The van der Waals surface area contributed by atoms with E-state index < -0.39 is 5.97 Å². The lowest BCUT2D eigenvalue weighted by Gasteiger charge is -2.06. The molecule has 0 heterocycles. The quantitative estimate of drug-likeness (QED) is 0.484. The van der Waals surface area contributed by atoms with Crippen LogP contribution in [-0.2, 0) is 9.53 Å². The summed E-state index contributed by atoms with van der Waals surface area (Å²) in [6.45, 7) is 6.39. The number of hydrazone groups is 1. The molecule has 0 atom stereocenters. The van der Waals surface area contributed by atoms with E-state index in [9.17, 15) is 4.79 Å². The molecule has 4 heteroatoms. The Hall–Kier alpha value is -1.84. The third kappa shape index (κ3) is 4.68. The van der Waals surface area contributed by atoms with E-state index in [-0.39, 0.29) is 0 Å². The average Bonchev–Trinajstić information content (AvgIpc) is 2.30. The Labute approximate surface area is 102 Å². The number of nitrogens with one attached hydrogen (secondary N) is 1. The second kappa shape index (κ2) is 6.68. The van der Waals surface area contributed by atoms with E-state index in [1.165, 1.54) is 5.56 Å². The highest BCUT2D eigenvalue weighted by Crippen LogP contribution is 2.16. The third-order valence-corrected chi connectivity index (χ3v) is 2.23. The summed E-state index contributed by atoms with van der Waals surface area (Å²) in [5.41, 5.74) is 4.88. The van der Waals surface area contributed by atoms with Crippen molar-refractivity contribution in [1.82, 2.24) is 0 Å². The normalized spacial score (nSPS) is 10.8. The molecule has 0 amide bonds. The maximum atomic E-state index is 11.0. The molecule has 0 aliphatic rings. The first-order valence-corrected chi connectivity index (χ1v) is 5.69. The maximum Gasteiger partial charge on any atom is 0.351 e. The predicted octanol–water partition coefficient (Wildman–Crippen LogP) is 2.77. The second-order valence-electron chi connectivity index (χ2n) is 3.90. The molecule has 1 aromatic rings. The zero-order valence-electron chi connectivity index (χ0n) is 10.4. The number of ether oxygens (including phenoxy) is 1. The summed E-state index contributed by atoms with van der Waals surface area (Å²) < 4.78 is 4.70. The molecule has 0 unspecified atom stereocenters. The SMILES string of the molecule is CCOC(=O)/C=N/Nc1ccc(C(C)C)cc1. The van der Waals surface area contributed by atoms with E-state index >= 15 is 0 Å². The Morgan fingerprint density at radius 1 is 1.41 bits per heavy atom. The lowest BCUT2D eigenvalue weighted by molar-refractivity contribution is -0.134. The first-order valence-electron chi connectivity index (χ1n) is 5.69. The van der Waals surface area contributed by atoms with Gasteiger partial charge in [0.2, 0.25) is 0 Å². The zero-order valence-corrected chi connectivity index (χ0v) is 10.4. The molecule has 1 N–H and O–H groups in total. The van der Waals surface area contributed by atoms with E-state index in [1.54, 1.807) is 6.92 Å². The van der Waals surface area contributed by atoms with Gasteiger partial charge in [-0.3, -0.25) is 5.43 Å². The van der Waals surface area contributed by atoms with E-state index in [0.717, 1.165) is 11.9 Å². The van der Waals surface area contributed by atoms with Crippen LogP contribution in [0.1, 0.15) is 32.3 Å². The van der Waals surface area contributed by atoms with Crippen LogP contribution in [0, 0.1) is 0 Å². The van der Waals surface area contributed by atoms with Crippen molar-refractivity contribution in [2.24, 2.45) is 5.10 Å². The lowest BCUT2D eigenvalue weighted by atomic mass is 10.0. The summed E-state index contributed by atoms with van der Waals surface area (Å²) in [4.78, 5) is 11.0. The fourth-order valence-electron chi connectivity index (χ4n) is 1.28. The van der Waals surface area contributed by atoms with Crippen LogP contribution in [0.2, 0.25) is 0 Å². The number of benzene rings is 1. The number of carbonyl (C=O) groups is 1. The van der Waals surface area contributed by atoms with E-state index in [4.69, 9.17) is 4.74 Å². The van der Waals surface area contributed by atoms with E-state index in [2.05, 4.69) is 24.4 Å². The molecule has 1 aromatic carbocycles. The molecule has 0 saturated heterocycles. The van der Waals surface area contributed by atoms with Gasteiger partial charge in [0.1, 0.15) is 6.21 Å². The van der Waals surface area contributed by atoms with Gasteiger partial charge in [0.25, 0.3) is 0 Å². The Balaban J connectivity index is 2.50. The molecule has 0 fully saturated rings. The van der Waals surface area contributed by atoms with Crippen LogP contribution in [0.5, 0.6) is 0 Å². The van der Waals surface area contributed by atoms with Gasteiger partial charge in [0, 0.05) is 0 Å². The topological polar surface area (TPSA) is 50.7 Å². The van der Waals surface area contributed by atoms with Crippen molar-refractivity contribution in [2.45, 2.75) is 26.7 Å². The van der Waals surface area contributed by atoms with Crippen molar-refractivity contribution in [2.75, 3.05) is 12.0 Å². The molecule has 0 radical (unpaired) electrons. The first-order chi connectivity index (χ1) is 8.13. The van der Waals surface area contributed by atoms with Crippen LogP contribution in [0.3, 0.4) is 0 Å². The number of anilines is 1. The monoisotopic (exact) mass is 234 g/mol. The second-order valence-corrected chi connectivity index (χ2v) is 3.90. The van der Waals surface area contributed by atoms with E-state index in [1.807, 2.05) is 24.3 Å². The van der Waals surface area contributed by atoms with Crippen LogP contribution < -0.4 is 5.43 Å². The third-order valence-electron chi connectivity index (χ3n) is 2.23. The number of esters is 1. The zero-order chi connectivity index (χ0) is 12.7. The van der Waals surface area contributed by atoms with Crippen LogP contribution in [0.4, 0.5) is 5.69 Å². The van der Waals surface area contributed by atoms with Gasteiger partial charge in [-0.1, -0.05) is 26.0 Å². The van der Waals surface area contributed by atoms with Crippen LogP contribution in [0.15, 0.2) is 29.4 Å². The van der Waals surface area contributed by atoms with Crippen molar-refractivity contribution < 1.29 is 9.53 Å². The van der Waals surface area contributed by atoms with Gasteiger partial charge in [-0.15, -0.1) is 0 Å². The number of hydrogen-bond acceptors (Lipinski definition) is 4. The number of nitrogens with zero attached hydrogens (tertiary/aromatic N) is 1. The molecular formula is C13H18N2O2. The molecule has 0 saturated carbocycles. The Morgan fingerprint density at radius 2 is 2.06 bits per heavy atom. The fraction of sp³-hybridized carbons (Fsp3) is 0.385. The lowest BCUT2D eigenvalue weighted by Crippen LogP contribution is -2.06. The van der Waals surface area contributed by atoms with Crippen molar-refractivity contribution in [1.29, 1.82) is 0 Å². The number of carbonyl (C=O) groups excluding carboxylic acids is 1. The molecule has 1 rings (SSSR count). The Morgan fingerprint density at radius 3 is 2.59 bits per heavy atom. The van der Waals surface area contributed by atoms with Gasteiger partial charge in [-0.05, 0) is 30.5 Å². The summed E-state index contributed by atoms with van der Waals surface area (Å²) in [6.07, 6.45) is 1.12. The summed E-state index contributed by atoms with van der Waals surface area (Å²) in [6, 6.07) is 7.93. The summed E-state index contributed by atoms with van der Waals surface area (Å²) in [5, 5.41) is 3.79. The first kappa shape index (κ1) is 13.2. The molecule has 0 aliphatic heterocycles. The fourth-order valence-corrected chi connectivity index (χ4v) is 1.28. The average molecular weight is 234 g/mol. The Kier molecular flexibility index (Phi) is 5.20. The standard InChI is InChI=1S/C13H18N2O2/c1-4-17-13(16)9-14-15-12-7-5-11(6-8-12)10(2)3/h5-10,15H,4H2,1-3H3/b14-9+. The largest absolute Gasteiger partial charge is 0.462 e. The molecular weight excluding hydrogens is 216 g/mol. The van der Waals surface area contributed by atoms with Gasteiger partial charge in [0.05, 0.1) is 12.3 Å². The minimum Gasteiger partial charge on any atom is -0.462 e. The van der Waals surface area contributed by atoms with Crippen molar-refractivity contribution in [3.63, 3.8) is 0 Å². The summed E-state index contributed by atoms with van der Waals surface area (Å²) >= 11 is 0. The molecule has 4 nitrogen and oxygen atoms in total. The highest BCUT2D eigenvalue weighted by atomic mass is 16.5. The molecule has 0 aromatic heterocycles. The van der Waals surface area contributed by atoms with Gasteiger partial charge in [-0.25, -0.2) is 4.79 Å². The molecule has 0 aliphatic carbocycles. The number of hydrogen-bond donors (Lipinski definition) is 1. The predicted molar refractivity (Wildman–Crippen MR) is 69.3 cm³/mol. The molecule has 0 spiro atoms. The van der Waals surface area contributed by atoms with Crippen LogP contribution >= 0.6 is 0 Å². The van der Waals surface area contributed by atoms with Gasteiger partial charge in [0.15, 0.2) is 0 Å². The Bertz CT molecular complexity index is 383. The minimum absolute atomic E-state index is 0.355. The van der Waals surface area contributed by atoms with Crippen LogP contribution in [-0.4, -0.2) is 18.8 Å². The van der Waals surface area contributed by atoms with Gasteiger partial charge < -0.3 is 4.74 Å². The molecule has 17 heavy (non-hydrogen) atoms. The van der Waals surface area contributed by atoms with Gasteiger partial charge >= 0.3 is 5.97 Å². The minimum atomic E-state index is -0.446. The highest BCUT2D eigenvalue weighted by Gasteiger charge is 1.98. The van der Waals surface area contributed by atoms with Crippen LogP contribution in [0.25, 0.3) is 0 Å². The maximum absolute atomic E-state index is 11.0. The van der Waals surface area contributed by atoms with E-state index in [0.29, 0.717) is 12.5 Å². The highest BCUT2D eigenvalue weighted by molar-refractivity contribution is 6.23. The summed E-state index contributed by atoms with van der Waals surface area (Å²) in [5.74, 6) is 0.0610. The van der Waals surface area contributed by atoms with Crippen molar-refractivity contribution in [3.8, 4) is 0 Å². The number of rotatable bonds is 5. The van der Waals surface area contributed by atoms with Gasteiger partial charge in [-0.2, -0.15) is 5.10 Å².